The predicted octanol–water partition coefficient (Wildman–Crippen LogP) is 1.67. The fourth-order valence-electron chi connectivity index (χ4n) is 2.70. The molecule has 0 bridgehead atoms. The van der Waals surface area contributed by atoms with Gasteiger partial charge in [-0.15, -0.1) is 0 Å². The first-order chi connectivity index (χ1) is 10.2. The molecule has 1 heterocycles. The molecule has 1 saturated heterocycles. The van der Waals surface area contributed by atoms with Gasteiger partial charge in [-0.1, -0.05) is 6.92 Å². The van der Waals surface area contributed by atoms with Crippen molar-refractivity contribution in [3.8, 4) is 0 Å². The third-order valence-corrected chi connectivity index (χ3v) is 3.84. The Morgan fingerprint density at radius 1 is 1.48 bits per heavy atom. The zero-order chi connectivity index (χ0) is 15.5. The summed E-state index contributed by atoms with van der Waals surface area (Å²) in [6.45, 7) is 8.97. The van der Waals surface area contributed by atoms with Gasteiger partial charge in [-0.3, -0.25) is 4.79 Å². The number of carbonyl (C=O) groups is 1. The van der Waals surface area contributed by atoms with Crippen LogP contribution in [-0.2, 0) is 14.3 Å². The van der Waals surface area contributed by atoms with Gasteiger partial charge in [-0.2, -0.15) is 0 Å². The maximum absolute atomic E-state index is 11.9. The van der Waals surface area contributed by atoms with Crippen molar-refractivity contribution in [1.82, 2.24) is 10.2 Å². The Morgan fingerprint density at radius 2 is 2.29 bits per heavy atom. The van der Waals surface area contributed by atoms with Gasteiger partial charge in [-0.05, 0) is 58.7 Å². The zero-order valence-electron chi connectivity index (χ0n) is 13.9. The average Bonchev–Trinajstić information content (AvgIpc) is 2.48. The predicted molar refractivity (Wildman–Crippen MR) is 84.4 cm³/mol. The summed E-state index contributed by atoms with van der Waals surface area (Å²) < 4.78 is 10.7. The summed E-state index contributed by atoms with van der Waals surface area (Å²) in [5.41, 5.74) is 0. The molecule has 1 N–H and O–H groups in total. The topological polar surface area (TPSA) is 50.8 Å². The largest absolute Gasteiger partial charge is 0.465 e. The summed E-state index contributed by atoms with van der Waals surface area (Å²) in [5.74, 6) is 0.508. The van der Waals surface area contributed by atoms with Crippen molar-refractivity contribution in [2.24, 2.45) is 5.92 Å². The van der Waals surface area contributed by atoms with Crippen molar-refractivity contribution >= 4 is 5.97 Å². The minimum Gasteiger partial charge on any atom is -0.465 e. The molecule has 2 atom stereocenters. The number of hydrogen-bond donors (Lipinski definition) is 1. The van der Waals surface area contributed by atoms with E-state index in [1.54, 1.807) is 0 Å². The van der Waals surface area contributed by atoms with E-state index in [0.717, 1.165) is 45.7 Å². The SMILES string of the molecule is CCCNC(CCN(C)CC1CCCOC1)C(=O)OCC. The summed E-state index contributed by atoms with van der Waals surface area (Å²) >= 11 is 0. The molecular weight excluding hydrogens is 268 g/mol. The highest BCUT2D eigenvalue weighted by molar-refractivity contribution is 5.75. The molecule has 1 rings (SSSR count). The molecule has 21 heavy (non-hydrogen) atoms. The summed E-state index contributed by atoms with van der Waals surface area (Å²) in [7, 11) is 2.12. The highest BCUT2D eigenvalue weighted by Gasteiger charge is 2.21. The average molecular weight is 300 g/mol. The second-order valence-corrected chi connectivity index (χ2v) is 5.89. The van der Waals surface area contributed by atoms with E-state index in [9.17, 15) is 4.79 Å². The maximum atomic E-state index is 11.9. The van der Waals surface area contributed by atoms with E-state index < -0.39 is 0 Å². The second kappa shape index (κ2) is 11.0. The van der Waals surface area contributed by atoms with E-state index in [0.29, 0.717) is 12.5 Å². The van der Waals surface area contributed by atoms with E-state index in [1.807, 2.05) is 6.92 Å². The summed E-state index contributed by atoms with van der Waals surface area (Å²) in [4.78, 5) is 14.2. The molecule has 1 aliphatic rings. The molecule has 0 spiro atoms. The van der Waals surface area contributed by atoms with Crippen LogP contribution in [0.3, 0.4) is 0 Å². The third kappa shape index (κ3) is 7.79. The van der Waals surface area contributed by atoms with E-state index >= 15 is 0 Å². The molecule has 124 valence electrons. The Bertz CT molecular complexity index is 281. The van der Waals surface area contributed by atoms with Crippen LogP contribution in [0.15, 0.2) is 0 Å². The zero-order valence-corrected chi connectivity index (χ0v) is 13.9. The first-order valence-corrected chi connectivity index (χ1v) is 8.33. The summed E-state index contributed by atoms with van der Waals surface area (Å²) in [6.07, 6.45) is 4.23. The van der Waals surface area contributed by atoms with Crippen molar-refractivity contribution in [1.29, 1.82) is 0 Å². The Kier molecular flexibility index (Phi) is 9.63. The molecule has 5 heteroatoms. The molecule has 1 fully saturated rings. The van der Waals surface area contributed by atoms with Crippen molar-refractivity contribution < 1.29 is 14.3 Å². The molecule has 0 amide bonds. The molecular formula is C16H32N2O3. The summed E-state index contributed by atoms with van der Waals surface area (Å²) in [5, 5.41) is 3.29. The molecule has 2 unspecified atom stereocenters. The second-order valence-electron chi connectivity index (χ2n) is 5.89. The Balaban J connectivity index is 2.30. The number of rotatable bonds is 10. The lowest BCUT2D eigenvalue weighted by Gasteiger charge is -2.28. The van der Waals surface area contributed by atoms with Gasteiger partial charge in [0.05, 0.1) is 13.2 Å². The quantitative estimate of drug-likeness (QED) is 0.622. The Morgan fingerprint density at radius 3 is 2.90 bits per heavy atom. The lowest BCUT2D eigenvalue weighted by molar-refractivity contribution is -0.145. The van der Waals surface area contributed by atoms with Crippen LogP contribution in [0.25, 0.3) is 0 Å². The van der Waals surface area contributed by atoms with Crippen LogP contribution in [-0.4, -0.2) is 63.4 Å². The van der Waals surface area contributed by atoms with Crippen LogP contribution in [0.1, 0.15) is 39.5 Å². The summed E-state index contributed by atoms with van der Waals surface area (Å²) in [6, 6.07) is -0.185. The fourth-order valence-corrected chi connectivity index (χ4v) is 2.70. The van der Waals surface area contributed by atoms with Gasteiger partial charge in [0.25, 0.3) is 0 Å². The smallest absolute Gasteiger partial charge is 0.323 e. The van der Waals surface area contributed by atoms with Crippen molar-refractivity contribution in [3.05, 3.63) is 0 Å². The van der Waals surface area contributed by atoms with Crippen LogP contribution >= 0.6 is 0 Å². The monoisotopic (exact) mass is 300 g/mol. The van der Waals surface area contributed by atoms with Gasteiger partial charge >= 0.3 is 5.97 Å². The molecule has 0 aromatic carbocycles. The Labute approximate surface area is 129 Å². The minimum atomic E-state index is -0.185. The van der Waals surface area contributed by atoms with E-state index in [1.165, 1.54) is 12.8 Å². The normalized spacial score (nSPS) is 20.5. The van der Waals surface area contributed by atoms with Crippen molar-refractivity contribution in [3.63, 3.8) is 0 Å². The first kappa shape index (κ1) is 18.4. The standard InChI is InChI=1S/C16H32N2O3/c1-4-9-17-15(16(19)21-5-2)8-10-18(3)12-14-7-6-11-20-13-14/h14-15,17H,4-13H2,1-3H3. The van der Waals surface area contributed by atoms with Crippen molar-refractivity contribution in [2.45, 2.75) is 45.6 Å². The van der Waals surface area contributed by atoms with Crippen LogP contribution in [0.2, 0.25) is 0 Å². The van der Waals surface area contributed by atoms with Crippen LogP contribution in [0.4, 0.5) is 0 Å². The van der Waals surface area contributed by atoms with Gasteiger partial charge in [0.1, 0.15) is 6.04 Å². The molecule has 0 aromatic rings. The molecule has 0 radical (unpaired) electrons. The number of carbonyl (C=O) groups excluding carboxylic acids is 1. The molecule has 0 aromatic heterocycles. The number of hydrogen-bond acceptors (Lipinski definition) is 5. The fraction of sp³-hybridized carbons (Fsp3) is 0.938. The van der Waals surface area contributed by atoms with Gasteiger partial charge in [0.2, 0.25) is 0 Å². The molecule has 5 nitrogen and oxygen atoms in total. The third-order valence-electron chi connectivity index (χ3n) is 3.84. The number of nitrogens with one attached hydrogen (secondary N) is 1. The first-order valence-electron chi connectivity index (χ1n) is 8.33. The van der Waals surface area contributed by atoms with Crippen LogP contribution in [0.5, 0.6) is 0 Å². The highest BCUT2D eigenvalue weighted by atomic mass is 16.5. The van der Waals surface area contributed by atoms with Crippen molar-refractivity contribution in [2.75, 3.05) is 46.5 Å². The minimum absolute atomic E-state index is 0.125. The van der Waals surface area contributed by atoms with E-state index in [4.69, 9.17) is 9.47 Å². The van der Waals surface area contributed by atoms with E-state index in [2.05, 4.69) is 24.2 Å². The molecule has 0 aliphatic carbocycles. The van der Waals surface area contributed by atoms with Crippen LogP contribution in [0, 0.1) is 5.92 Å². The van der Waals surface area contributed by atoms with Gasteiger partial charge < -0.3 is 19.7 Å². The van der Waals surface area contributed by atoms with Gasteiger partial charge in [0.15, 0.2) is 0 Å². The molecule has 1 aliphatic heterocycles. The number of ether oxygens (including phenoxy) is 2. The Hall–Kier alpha value is -0.650. The highest BCUT2D eigenvalue weighted by Crippen LogP contribution is 2.14. The lowest BCUT2D eigenvalue weighted by Crippen LogP contribution is -2.41. The molecule has 0 saturated carbocycles. The lowest BCUT2D eigenvalue weighted by atomic mass is 10.0. The maximum Gasteiger partial charge on any atom is 0.323 e. The van der Waals surface area contributed by atoms with Gasteiger partial charge in [0, 0.05) is 13.2 Å². The number of nitrogens with zero attached hydrogens (tertiary/aromatic N) is 1. The van der Waals surface area contributed by atoms with E-state index in [-0.39, 0.29) is 12.0 Å². The van der Waals surface area contributed by atoms with Crippen LogP contribution < -0.4 is 5.32 Å². The van der Waals surface area contributed by atoms with Gasteiger partial charge in [-0.25, -0.2) is 0 Å². The number of esters is 1.